The van der Waals surface area contributed by atoms with Gasteiger partial charge in [-0.1, -0.05) is 61.7 Å². The molecule has 2 N–H and O–H groups in total. The molecule has 5 atom stereocenters. The number of methoxy groups -OCH3 is 1. The van der Waals surface area contributed by atoms with E-state index in [1.54, 1.807) is 12.0 Å². The first kappa shape index (κ1) is 26.6. The zero-order chi connectivity index (χ0) is 27.9. The van der Waals surface area contributed by atoms with Crippen LogP contribution in [0.3, 0.4) is 0 Å². The van der Waals surface area contributed by atoms with Gasteiger partial charge in [0, 0.05) is 18.3 Å². The van der Waals surface area contributed by atoms with E-state index in [2.05, 4.69) is 10.6 Å². The van der Waals surface area contributed by atoms with Crippen LogP contribution in [0.1, 0.15) is 44.6 Å². The number of benzene rings is 2. The molecule has 2 saturated heterocycles. The molecule has 1 saturated carbocycles. The van der Waals surface area contributed by atoms with Crippen LogP contribution in [0.15, 0.2) is 66.7 Å². The summed E-state index contributed by atoms with van der Waals surface area (Å²) in [5.74, 6) is -1.48. The molecule has 3 amide bonds. The Balaban J connectivity index is 1.31. The summed E-state index contributed by atoms with van der Waals surface area (Å²) in [7, 11) is 1.62. The van der Waals surface area contributed by atoms with E-state index in [1.807, 2.05) is 73.7 Å². The highest BCUT2D eigenvalue weighted by molar-refractivity contribution is 6.03. The molecule has 8 nitrogen and oxygen atoms in total. The number of nitrogens with zero attached hydrogens (tertiary/aromatic N) is 1. The minimum Gasteiger partial charge on any atom is -0.497 e. The highest BCUT2D eigenvalue weighted by Crippen LogP contribution is 2.59. The van der Waals surface area contributed by atoms with E-state index in [0.717, 1.165) is 37.0 Å². The van der Waals surface area contributed by atoms with Crippen molar-refractivity contribution < 1.29 is 23.9 Å². The molecule has 4 aliphatic rings. The summed E-state index contributed by atoms with van der Waals surface area (Å²) in [6.45, 7) is 2.18. The lowest BCUT2D eigenvalue weighted by atomic mass is 9.70. The zero-order valence-electron chi connectivity index (χ0n) is 23.1. The summed E-state index contributed by atoms with van der Waals surface area (Å²) < 4.78 is 11.9. The first-order valence-electron chi connectivity index (χ1n) is 14.3. The molecular formula is C32H37N3O5. The largest absolute Gasteiger partial charge is 0.497 e. The van der Waals surface area contributed by atoms with Gasteiger partial charge in [-0.05, 0) is 56.0 Å². The Morgan fingerprint density at radius 2 is 1.73 bits per heavy atom. The van der Waals surface area contributed by atoms with Gasteiger partial charge in [0.05, 0.1) is 24.5 Å². The van der Waals surface area contributed by atoms with Crippen molar-refractivity contribution in [2.24, 2.45) is 11.8 Å². The highest BCUT2D eigenvalue weighted by atomic mass is 16.5. The van der Waals surface area contributed by atoms with Crippen molar-refractivity contribution in [3.05, 3.63) is 72.3 Å². The fraction of sp³-hybridized carbons (Fsp3) is 0.469. The highest BCUT2D eigenvalue weighted by Gasteiger charge is 2.76. The van der Waals surface area contributed by atoms with Gasteiger partial charge in [0.15, 0.2) is 0 Å². The molecular weight excluding hydrogens is 506 g/mol. The van der Waals surface area contributed by atoms with E-state index >= 15 is 0 Å². The van der Waals surface area contributed by atoms with Crippen LogP contribution in [-0.2, 0) is 25.5 Å². The summed E-state index contributed by atoms with van der Waals surface area (Å²) in [4.78, 5) is 43.7. The number of nitrogens with one attached hydrogen (secondary N) is 2. The molecule has 2 aromatic rings. The molecule has 2 bridgehead atoms. The van der Waals surface area contributed by atoms with E-state index in [0.29, 0.717) is 18.7 Å². The van der Waals surface area contributed by atoms with Crippen LogP contribution < -0.4 is 15.4 Å². The van der Waals surface area contributed by atoms with Crippen LogP contribution in [0.5, 0.6) is 5.75 Å². The summed E-state index contributed by atoms with van der Waals surface area (Å²) in [6, 6.07) is 16.2. The van der Waals surface area contributed by atoms with Crippen molar-refractivity contribution in [1.29, 1.82) is 0 Å². The Hall–Kier alpha value is -3.65. The van der Waals surface area contributed by atoms with E-state index in [-0.39, 0.29) is 23.8 Å². The Morgan fingerprint density at radius 1 is 1.00 bits per heavy atom. The predicted octanol–water partition coefficient (Wildman–Crippen LogP) is 3.87. The second-order valence-corrected chi connectivity index (χ2v) is 11.7. The summed E-state index contributed by atoms with van der Waals surface area (Å²) in [5.41, 5.74) is -0.487. The molecule has 1 aliphatic carbocycles. The first-order valence-corrected chi connectivity index (χ1v) is 14.3. The van der Waals surface area contributed by atoms with E-state index in [9.17, 15) is 14.4 Å². The molecule has 6 rings (SSSR count). The van der Waals surface area contributed by atoms with Crippen molar-refractivity contribution in [3.63, 3.8) is 0 Å². The van der Waals surface area contributed by atoms with Gasteiger partial charge >= 0.3 is 0 Å². The van der Waals surface area contributed by atoms with E-state index in [4.69, 9.17) is 9.47 Å². The van der Waals surface area contributed by atoms with Gasteiger partial charge in [0.1, 0.15) is 17.4 Å². The normalized spacial score (nSPS) is 30.8. The third-order valence-corrected chi connectivity index (χ3v) is 9.12. The molecule has 1 spiro atoms. The number of likely N-dealkylation sites (tertiary alicyclic amines) is 1. The Bertz CT molecular complexity index is 1310. The first-order chi connectivity index (χ1) is 19.3. The zero-order valence-corrected chi connectivity index (χ0v) is 23.1. The lowest BCUT2D eigenvalue weighted by Crippen LogP contribution is -2.57. The molecule has 8 heteroatoms. The van der Waals surface area contributed by atoms with Crippen molar-refractivity contribution >= 4 is 23.4 Å². The molecule has 3 fully saturated rings. The smallest absolute Gasteiger partial charge is 0.246 e. The second kappa shape index (κ2) is 10.4. The maximum atomic E-state index is 14.2. The Morgan fingerprint density at radius 3 is 2.42 bits per heavy atom. The second-order valence-electron chi connectivity index (χ2n) is 11.7. The summed E-state index contributed by atoms with van der Waals surface area (Å²) in [5, 5.41) is 6.23. The lowest BCUT2D eigenvalue weighted by Gasteiger charge is -2.34. The third kappa shape index (κ3) is 4.48. The van der Waals surface area contributed by atoms with Crippen LogP contribution in [0.25, 0.3) is 0 Å². The van der Waals surface area contributed by atoms with Crippen molar-refractivity contribution in [2.75, 3.05) is 19.0 Å². The number of para-hydroxylation sites is 1. The van der Waals surface area contributed by atoms with Crippen LogP contribution in [0.4, 0.5) is 5.69 Å². The van der Waals surface area contributed by atoms with Crippen LogP contribution in [0.2, 0.25) is 0 Å². The van der Waals surface area contributed by atoms with Crippen molar-refractivity contribution in [1.82, 2.24) is 10.2 Å². The average Bonchev–Trinajstić information content (AvgIpc) is 3.53. The SMILES string of the molecule is COc1ccc(CCN2C(=O)C3C(C(=O)Nc4ccccc4)C4(C)C=CC3(O4)C2C(=O)NC2CCCCC2)cc1. The molecule has 3 heterocycles. The molecule has 5 unspecified atom stereocenters. The van der Waals surface area contributed by atoms with E-state index in [1.165, 1.54) is 6.42 Å². The summed E-state index contributed by atoms with van der Waals surface area (Å²) >= 11 is 0. The van der Waals surface area contributed by atoms with Gasteiger partial charge in [0.2, 0.25) is 17.7 Å². The summed E-state index contributed by atoms with van der Waals surface area (Å²) in [6.07, 6.45) is 9.53. The van der Waals surface area contributed by atoms with Crippen LogP contribution in [-0.4, -0.2) is 59.6 Å². The molecule has 0 radical (unpaired) electrons. The number of fused-ring (bicyclic) bond motifs is 1. The fourth-order valence-corrected chi connectivity index (χ4v) is 7.18. The number of hydrogen-bond acceptors (Lipinski definition) is 5. The van der Waals surface area contributed by atoms with Crippen LogP contribution in [0, 0.1) is 11.8 Å². The van der Waals surface area contributed by atoms with Gasteiger partial charge in [-0.15, -0.1) is 0 Å². The Labute approximate surface area is 235 Å². The van der Waals surface area contributed by atoms with Crippen molar-refractivity contribution in [2.45, 2.75) is 68.7 Å². The fourth-order valence-electron chi connectivity index (χ4n) is 7.18. The monoisotopic (exact) mass is 543 g/mol. The molecule has 0 aromatic heterocycles. The van der Waals surface area contributed by atoms with Gasteiger partial charge in [-0.3, -0.25) is 14.4 Å². The van der Waals surface area contributed by atoms with E-state index < -0.39 is 29.1 Å². The molecule has 210 valence electrons. The predicted molar refractivity (Wildman–Crippen MR) is 151 cm³/mol. The van der Waals surface area contributed by atoms with Crippen LogP contribution >= 0.6 is 0 Å². The number of amides is 3. The number of hydrogen-bond donors (Lipinski definition) is 2. The molecule has 3 aliphatic heterocycles. The van der Waals surface area contributed by atoms with Gasteiger partial charge in [0.25, 0.3) is 0 Å². The topological polar surface area (TPSA) is 97.0 Å². The number of anilines is 1. The minimum absolute atomic E-state index is 0.0885. The maximum absolute atomic E-state index is 14.2. The average molecular weight is 544 g/mol. The quantitative estimate of drug-likeness (QED) is 0.493. The standard InChI is InChI=1S/C32H37N3O5/c1-31-18-19-32(40-31)26(25(31)28(36)33-22-9-5-3-6-10-22)30(38)35(20-17-21-13-15-24(39-2)16-14-21)27(32)29(37)34-23-11-7-4-8-12-23/h3,5-6,9-10,13-16,18-19,23,25-27H,4,7-8,11-12,17,20H2,1-2H3,(H,33,36)(H,34,37). The number of ether oxygens (including phenoxy) is 2. The lowest BCUT2D eigenvalue weighted by molar-refractivity contribution is -0.144. The van der Waals surface area contributed by atoms with Gasteiger partial charge in [-0.25, -0.2) is 0 Å². The minimum atomic E-state index is -1.19. The Kier molecular flexibility index (Phi) is 6.90. The molecule has 2 aromatic carbocycles. The molecule has 40 heavy (non-hydrogen) atoms. The van der Waals surface area contributed by atoms with Gasteiger partial charge < -0.3 is 25.0 Å². The number of carbonyl (C=O) groups excluding carboxylic acids is 3. The number of rotatable bonds is 8. The maximum Gasteiger partial charge on any atom is 0.246 e. The van der Waals surface area contributed by atoms with Crippen molar-refractivity contribution in [3.8, 4) is 5.75 Å². The third-order valence-electron chi connectivity index (χ3n) is 9.12. The number of carbonyl (C=O) groups is 3. The van der Waals surface area contributed by atoms with Gasteiger partial charge in [-0.2, -0.15) is 0 Å².